The largest absolute Gasteiger partial charge is 0.488 e. The van der Waals surface area contributed by atoms with Crippen molar-refractivity contribution in [2.45, 2.75) is 57.2 Å². The summed E-state index contributed by atoms with van der Waals surface area (Å²) in [6.07, 6.45) is 7.08. The molecule has 0 spiro atoms. The minimum Gasteiger partial charge on any atom is -0.488 e. The molecule has 1 aromatic rings. The molecule has 1 aliphatic rings. The van der Waals surface area contributed by atoms with E-state index in [-0.39, 0.29) is 12.2 Å². The third kappa shape index (κ3) is 4.80. The molecule has 0 aromatic heterocycles. The predicted molar refractivity (Wildman–Crippen MR) is 80.1 cm³/mol. The van der Waals surface area contributed by atoms with Crippen molar-refractivity contribution < 1.29 is 14.6 Å². The molecule has 1 aromatic carbocycles. The van der Waals surface area contributed by atoms with Crippen molar-refractivity contribution in [3.63, 3.8) is 0 Å². The van der Waals surface area contributed by atoms with Crippen LogP contribution in [0, 0.1) is 0 Å². The highest BCUT2D eigenvalue weighted by molar-refractivity contribution is 5.27. The van der Waals surface area contributed by atoms with Crippen LogP contribution in [0.3, 0.4) is 0 Å². The number of hydrogen-bond acceptors (Lipinski definition) is 3. The molecule has 0 heterocycles. The van der Waals surface area contributed by atoms with Gasteiger partial charge in [0, 0.05) is 7.11 Å². The van der Waals surface area contributed by atoms with Gasteiger partial charge >= 0.3 is 0 Å². The molecule has 1 aliphatic carbocycles. The van der Waals surface area contributed by atoms with Gasteiger partial charge in [-0.1, -0.05) is 31.4 Å². The van der Waals surface area contributed by atoms with E-state index in [9.17, 15) is 5.11 Å². The van der Waals surface area contributed by atoms with Crippen LogP contribution in [-0.4, -0.2) is 31.0 Å². The molecule has 112 valence electrons. The zero-order valence-electron chi connectivity index (χ0n) is 12.4. The number of hydrogen-bond donors (Lipinski definition) is 1. The van der Waals surface area contributed by atoms with E-state index in [0.29, 0.717) is 0 Å². The fourth-order valence-corrected chi connectivity index (χ4v) is 2.70. The predicted octanol–water partition coefficient (Wildman–Crippen LogP) is 3.34. The van der Waals surface area contributed by atoms with Crippen molar-refractivity contribution in [3.8, 4) is 5.75 Å². The fourth-order valence-electron chi connectivity index (χ4n) is 2.70. The van der Waals surface area contributed by atoms with Crippen molar-refractivity contribution in [2.24, 2.45) is 0 Å². The molecule has 2 rings (SSSR count). The Kier molecular flexibility index (Phi) is 6.34. The van der Waals surface area contributed by atoms with Crippen LogP contribution < -0.4 is 4.74 Å². The minimum atomic E-state index is -0.330. The molecule has 0 aliphatic heterocycles. The Balaban J connectivity index is 1.90. The van der Waals surface area contributed by atoms with Gasteiger partial charge in [-0.25, -0.2) is 0 Å². The number of benzene rings is 1. The highest BCUT2D eigenvalue weighted by Crippen LogP contribution is 2.23. The van der Waals surface area contributed by atoms with E-state index in [1.54, 1.807) is 7.11 Å². The third-order valence-electron chi connectivity index (χ3n) is 3.97. The fraction of sp³-hybridized carbons (Fsp3) is 0.647. The summed E-state index contributed by atoms with van der Waals surface area (Å²) in [5.41, 5.74) is 1.25. The van der Waals surface area contributed by atoms with Gasteiger partial charge in [-0.3, -0.25) is 0 Å². The van der Waals surface area contributed by atoms with Crippen molar-refractivity contribution in [1.82, 2.24) is 0 Å². The van der Waals surface area contributed by atoms with Crippen LogP contribution in [0.5, 0.6) is 5.75 Å². The van der Waals surface area contributed by atoms with Gasteiger partial charge < -0.3 is 14.6 Å². The summed E-state index contributed by atoms with van der Waals surface area (Å²) in [5.74, 6) is 0.857. The number of aliphatic hydroxyl groups is 1. The standard InChI is InChI=1S/C17H26O3/c1-19-13-12-14-8-10-15(11-9-14)20-17-7-5-3-2-4-6-16(17)18/h8-11,16-18H,2-7,12-13H2,1H3. The highest BCUT2D eigenvalue weighted by Gasteiger charge is 2.22. The minimum absolute atomic E-state index is 0.0554. The Bertz CT molecular complexity index is 374. The first-order valence-corrected chi connectivity index (χ1v) is 7.72. The second-order valence-electron chi connectivity index (χ2n) is 5.60. The number of rotatable bonds is 5. The molecule has 1 N–H and O–H groups in total. The lowest BCUT2D eigenvalue weighted by Gasteiger charge is -2.26. The third-order valence-corrected chi connectivity index (χ3v) is 3.97. The van der Waals surface area contributed by atoms with Crippen LogP contribution >= 0.6 is 0 Å². The first-order valence-electron chi connectivity index (χ1n) is 7.72. The van der Waals surface area contributed by atoms with Crippen LogP contribution in [0.15, 0.2) is 24.3 Å². The van der Waals surface area contributed by atoms with Crippen LogP contribution in [-0.2, 0) is 11.2 Å². The van der Waals surface area contributed by atoms with Gasteiger partial charge in [0.25, 0.3) is 0 Å². The molecule has 3 nitrogen and oxygen atoms in total. The van der Waals surface area contributed by atoms with Gasteiger partial charge in [0.05, 0.1) is 12.7 Å². The second-order valence-corrected chi connectivity index (χ2v) is 5.60. The number of ether oxygens (including phenoxy) is 2. The topological polar surface area (TPSA) is 38.7 Å². The van der Waals surface area contributed by atoms with Crippen molar-refractivity contribution >= 4 is 0 Å². The van der Waals surface area contributed by atoms with Crippen LogP contribution in [0.1, 0.15) is 44.1 Å². The summed E-state index contributed by atoms with van der Waals surface area (Å²) < 4.78 is 11.1. The number of methoxy groups -OCH3 is 1. The maximum atomic E-state index is 10.2. The van der Waals surface area contributed by atoms with Crippen molar-refractivity contribution in [3.05, 3.63) is 29.8 Å². The lowest BCUT2D eigenvalue weighted by atomic mass is 9.96. The molecule has 0 radical (unpaired) electrons. The van der Waals surface area contributed by atoms with Gasteiger partial charge in [0.15, 0.2) is 0 Å². The summed E-state index contributed by atoms with van der Waals surface area (Å²) >= 11 is 0. The van der Waals surface area contributed by atoms with Crippen molar-refractivity contribution in [2.75, 3.05) is 13.7 Å². The summed E-state index contributed by atoms with van der Waals surface area (Å²) in [6, 6.07) is 8.14. The molecule has 2 unspecified atom stereocenters. The monoisotopic (exact) mass is 278 g/mol. The Hall–Kier alpha value is -1.06. The van der Waals surface area contributed by atoms with E-state index in [2.05, 4.69) is 12.1 Å². The summed E-state index contributed by atoms with van der Waals surface area (Å²) in [5, 5.41) is 10.2. The van der Waals surface area contributed by atoms with E-state index < -0.39 is 0 Å². The molecular weight excluding hydrogens is 252 g/mol. The van der Waals surface area contributed by atoms with Gasteiger partial charge in [0.1, 0.15) is 11.9 Å². The van der Waals surface area contributed by atoms with E-state index >= 15 is 0 Å². The summed E-state index contributed by atoms with van der Waals surface area (Å²) in [6.45, 7) is 0.738. The van der Waals surface area contributed by atoms with E-state index in [4.69, 9.17) is 9.47 Å². The van der Waals surface area contributed by atoms with Crippen molar-refractivity contribution in [1.29, 1.82) is 0 Å². The van der Waals surface area contributed by atoms with Gasteiger partial charge in [-0.05, 0) is 43.4 Å². The smallest absolute Gasteiger partial charge is 0.124 e. The lowest BCUT2D eigenvalue weighted by molar-refractivity contribution is 0.0187. The maximum Gasteiger partial charge on any atom is 0.124 e. The van der Waals surface area contributed by atoms with Crippen LogP contribution in [0.25, 0.3) is 0 Å². The molecule has 20 heavy (non-hydrogen) atoms. The average molecular weight is 278 g/mol. The lowest BCUT2D eigenvalue weighted by Crippen LogP contribution is -2.32. The molecule has 0 bridgehead atoms. The Morgan fingerprint density at radius 2 is 1.75 bits per heavy atom. The average Bonchev–Trinajstić information content (AvgIpc) is 2.46. The molecule has 3 heteroatoms. The van der Waals surface area contributed by atoms with E-state index in [1.807, 2.05) is 12.1 Å². The molecule has 0 saturated heterocycles. The zero-order valence-corrected chi connectivity index (χ0v) is 12.4. The van der Waals surface area contributed by atoms with Crippen LogP contribution in [0.4, 0.5) is 0 Å². The van der Waals surface area contributed by atoms with Gasteiger partial charge in [-0.15, -0.1) is 0 Å². The van der Waals surface area contributed by atoms with Crippen LogP contribution in [0.2, 0.25) is 0 Å². The van der Waals surface area contributed by atoms with E-state index in [1.165, 1.54) is 18.4 Å². The molecule has 0 amide bonds. The molecule has 2 atom stereocenters. The van der Waals surface area contributed by atoms with E-state index in [0.717, 1.165) is 44.5 Å². The SMILES string of the molecule is COCCc1ccc(OC2CCCCCCC2O)cc1. The molecular formula is C17H26O3. The second kappa shape index (κ2) is 8.28. The number of aliphatic hydroxyl groups excluding tert-OH is 1. The Labute approximate surface area is 121 Å². The zero-order chi connectivity index (χ0) is 14.2. The molecule has 1 saturated carbocycles. The summed E-state index contributed by atoms with van der Waals surface area (Å²) in [7, 11) is 1.72. The summed E-state index contributed by atoms with van der Waals surface area (Å²) in [4.78, 5) is 0. The van der Waals surface area contributed by atoms with Gasteiger partial charge in [0.2, 0.25) is 0 Å². The first-order chi connectivity index (χ1) is 9.79. The normalized spacial score (nSPS) is 23.9. The first kappa shape index (κ1) is 15.3. The maximum absolute atomic E-state index is 10.2. The Morgan fingerprint density at radius 1 is 1.05 bits per heavy atom. The Morgan fingerprint density at radius 3 is 2.45 bits per heavy atom. The molecule has 1 fully saturated rings. The highest BCUT2D eigenvalue weighted by atomic mass is 16.5. The van der Waals surface area contributed by atoms with Gasteiger partial charge in [-0.2, -0.15) is 0 Å². The quantitative estimate of drug-likeness (QED) is 0.898.